The number of unbranched alkanes of at least 4 members (excludes halogenated alkanes) is 2. The van der Waals surface area contributed by atoms with Crippen molar-refractivity contribution in [1.82, 2.24) is 10.6 Å². The van der Waals surface area contributed by atoms with Crippen LogP contribution >= 0.6 is 11.8 Å². The largest absolute Gasteiger partial charge is 0.384 e. The van der Waals surface area contributed by atoms with E-state index in [4.69, 9.17) is 25.4 Å². The smallest absolute Gasteiger partial charge is 0.181 e. The molecule has 0 aromatic rings. The Morgan fingerprint density at radius 2 is 2.11 bits per heavy atom. The van der Waals surface area contributed by atoms with E-state index in [9.17, 15) is 0 Å². The number of ether oxygens (including phenoxy) is 3. The summed E-state index contributed by atoms with van der Waals surface area (Å²) >= 11 is 1.25. The average molecular weight is 414 g/mol. The van der Waals surface area contributed by atoms with Gasteiger partial charge in [0.15, 0.2) is 11.3 Å². The quantitative estimate of drug-likeness (QED) is 0.233. The second-order valence-electron chi connectivity index (χ2n) is 6.98. The highest BCUT2D eigenvalue weighted by molar-refractivity contribution is 8.13. The lowest BCUT2D eigenvalue weighted by Crippen LogP contribution is -2.46. The lowest BCUT2D eigenvalue weighted by molar-refractivity contribution is -0.0606. The Balaban J connectivity index is 1.90. The van der Waals surface area contributed by atoms with Gasteiger partial charge in [-0.2, -0.15) is 0 Å². The molecule has 0 radical (unpaired) electrons. The Kier molecular flexibility index (Phi) is 10.1. The molecule has 2 rings (SSSR count). The summed E-state index contributed by atoms with van der Waals surface area (Å²) in [5, 5.41) is 14.3. The summed E-state index contributed by atoms with van der Waals surface area (Å²) in [5.41, 5.74) is 6.93. The number of nitrogens with zero attached hydrogens (tertiary/aromatic N) is 1. The first-order chi connectivity index (χ1) is 13.6. The normalized spacial score (nSPS) is 27.4. The SMILES string of the molecule is CCCCOC[C@H]1O[C@@H](C2=CNC(/C(N)=N\C(=N)SC)N2)C[C@@H]1OCCCC. The number of nitrogens with two attached hydrogens (primary N) is 1. The van der Waals surface area contributed by atoms with Gasteiger partial charge in [-0.3, -0.25) is 5.41 Å². The second kappa shape index (κ2) is 12.3. The minimum atomic E-state index is -0.328. The van der Waals surface area contributed by atoms with E-state index < -0.39 is 0 Å². The summed E-state index contributed by atoms with van der Waals surface area (Å²) in [6.45, 7) is 6.35. The standard InChI is InChI=1S/C19H35N5O3S/c1-4-6-8-25-12-16-15(26-9-7-5-2)10-14(27-16)13-11-22-18(23-13)17(20)24-19(21)28-3/h11,14-16,18,22-23H,4-10,12H2,1-3H3,(H3,20,21,24)/t14-,15+,16-,18?/m1/s1. The Morgan fingerprint density at radius 3 is 2.82 bits per heavy atom. The van der Waals surface area contributed by atoms with Crippen LogP contribution in [0, 0.1) is 5.41 Å². The van der Waals surface area contributed by atoms with Crippen LogP contribution in [-0.4, -0.2) is 61.6 Å². The molecule has 0 aromatic carbocycles. The van der Waals surface area contributed by atoms with Crippen LogP contribution in [0.4, 0.5) is 0 Å². The number of hydrogen-bond donors (Lipinski definition) is 4. The van der Waals surface area contributed by atoms with Crippen LogP contribution in [-0.2, 0) is 14.2 Å². The number of rotatable bonds is 11. The highest BCUT2D eigenvalue weighted by Gasteiger charge is 2.39. The molecule has 8 nitrogen and oxygen atoms in total. The van der Waals surface area contributed by atoms with Gasteiger partial charge in [0, 0.05) is 25.8 Å². The summed E-state index contributed by atoms with van der Waals surface area (Å²) < 4.78 is 18.1. The first-order valence-electron chi connectivity index (χ1n) is 10.1. The van der Waals surface area contributed by atoms with E-state index in [1.165, 1.54) is 11.8 Å². The van der Waals surface area contributed by atoms with Gasteiger partial charge in [-0.15, -0.1) is 0 Å². The fourth-order valence-electron chi connectivity index (χ4n) is 3.06. The molecule has 5 N–H and O–H groups in total. The van der Waals surface area contributed by atoms with Gasteiger partial charge in [0.2, 0.25) is 0 Å². The van der Waals surface area contributed by atoms with Crippen molar-refractivity contribution in [3.63, 3.8) is 0 Å². The van der Waals surface area contributed by atoms with Crippen molar-refractivity contribution in [3.05, 3.63) is 11.9 Å². The maximum Gasteiger partial charge on any atom is 0.181 e. The molecule has 0 aromatic heterocycles. The topological polar surface area (TPSA) is 114 Å². The molecular formula is C19H35N5O3S. The number of aliphatic imine (C=N–C) groups is 1. The van der Waals surface area contributed by atoms with Crippen LogP contribution < -0.4 is 16.4 Å². The monoisotopic (exact) mass is 413 g/mol. The molecule has 0 bridgehead atoms. The van der Waals surface area contributed by atoms with Crippen molar-refractivity contribution in [2.75, 3.05) is 26.1 Å². The van der Waals surface area contributed by atoms with Gasteiger partial charge in [-0.25, -0.2) is 4.99 Å². The second-order valence-corrected chi connectivity index (χ2v) is 7.77. The lowest BCUT2D eigenvalue weighted by atomic mass is 10.1. The van der Waals surface area contributed by atoms with Crippen molar-refractivity contribution in [1.29, 1.82) is 5.41 Å². The molecule has 0 aliphatic carbocycles. The van der Waals surface area contributed by atoms with Crippen LogP contribution in [0.3, 0.4) is 0 Å². The summed E-state index contributed by atoms with van der Waals surface area (Å²) in [7, 11) is 0. The van der Waals surface area contributed by atoms with Gasteiger partial charge >= 0.3 is 0 Å². The molecular weight excluding hydrogens is 378 g/mol. The van der Waals surface area contributed by atoms with Crippen LogP contribution in [0.5, 0.6) is 0 Å². The Labute approximate surface area is 172 Å². The molecule has 9 heteroatoms. The predicted molar refractivity (Wildman–Crippen MR) is 115 cm³/mol. The fourth-order valence-corrected chi connectivity index (χ4v) is 3.26. The van der Waals surface area contributed by atoms with Gasteiger partial charge < -0.3 is 30.6 Å². The van der Waals surface area contributed by atoms with E-state index in [2.05, 4.69) is 29.5 Å². The Hall–Kier alpha value is -1.29. The molecule has 160 valence electrons. The number of nitrogens with one attached hydrogen (secondary N) is 3. The molecule has 0 spiro atoms. The zero-order chi connectivity index (χ0) is 20.4. The molecule has 2 heterocycles. The maximum atomic E-state index is 7.64. The fraction of sp³-hybridized carbons (Fsp3) is 0.789. The third-order valence-electron chi connectivity index (χ3n) is 4.74. The highest BCUT2D eigenvalue weighted by Crippen LogP contribution is 2.28. The minimum absolute atomic E-state index is 0.0237. The summed E-state index contributed by atoms with van der Waals surface area (Å²) in [5.74, 6) is 0.332. The molecule has 28 heavy (non-hydrogen) atoms. The molecule has 1 fully saturated rings. The Morgan fingerprint density at radius 1 is 1.36 bits per heavy atom. The van der Waals surface area contributed by atoms with Crippen LogP contribution in [0.2, 0.25) is 0 Å². The lowest BCUT2D eigenvalue weighted by Gasteiger charge is -2.19. The summed E-state index contributed by atoms with van der Waals surface area (Å²) in [6, 6.07) is 0. The van der Waals surface area contributed by atoms with Gasteiger partial charge in [-0.05, 0) is 19.1 Å². The zero-order valence-corrected chi connectivity index (χ0v) is 18.0. The van der Waals surface area contributed by atoms with Crippen molar-refractivity contribution in [2.24, 2.45) is 10.7 Å². The number of thioether (sulfide) groups is 1. The van der Waals surface area contributed by atoms with Crippen LogP contribution in [0.1, 0.15) is 46.0 Å². The minimum Gasteiger partial charge on any atom is -0.384 e. The molecule has 0 saturated carbocycles. The maximum absolute atomic E-state index is 7.64. The number of hydrogen-bond acceptors (Lipinski definition) is 7. The van der Waals surface area contributed by atoms with Gasteiger partial charge in [0.25, 0.3) is 0 Å². The average Bonchev–Trinajstić information content (AvgIpc) is 3.33. The van der Waals surface area contributed by atoms with Crippen molar-refractivity contribution >= 4 is 22.8 Å². The predicted octanol–water partition coefficient (Wildman–Crippen LogP) is 2.16. The van der Waals surface area contributed by atoms with Crippen molar-refractivity contribution in [3.8, 4) is 0 Å². The van der Waals surface area contributed by atoms with Gasteiger partial charge in [0.1, 0.15) is 18.0 Å². The van der Waals surface area contributed by atoms with Gasteiger partial charge in [0.05, 0.1) is 18.4 Å². The molecule has 2 aliphatic rings. The highest BCUT2D eigenvalue weighted by atomic mass is 32.2. The molecule has 0 amide bonds. The van der Waals surface area contributed by atoms with Crippen LogP contribution in [0.25, 0.3) is 0 Å². The van der Waals surface area contributed by atoms with Crippen molar-refractivity contribution in [2.45, 2.75) is 70.4 Å². The van der Waals surface area contributed by atoms with E-state index in [0.29, 0.717) is 12.4 Å². The third kappa shape index (κ3) is 6.95. The molecule has 4 atom stereocenters. The van der Waals surface area contributed by atoms with E-state index >= 15 is 0 Å². The van der Waals surface area contributed by atoms with Gasteiger partial charge in [-0.1, -0.05) is 38.5 Å². The summed E-state index contributed by atoms with van der Waals surface area (Å²) in [4.78, 5) is 4.07. The zero-order valence-electron chi connectivity index (χ0n) is 17.2. The first kappa shape index (κ1) is 23.0. The number of amidine groups is 2. The van der Waals surface area contributed by atoms with E-state index in [0.717, 1.165) is 51.0 Å². The molecule has 1 saturated heterocycles. The van der Waals surface area contributed by atoms with E-state index in [1.54, 1.807) is 6.26 Å². The first-order valence-corrected chi connectivity index (χ1v) is 11.4. The summed E-state index contributed by atoms with van der Waals surface area (Å²) in [6.07, 6.45) is 8.30. The van der Waals surface area contributed by atoms with E-state index in [1.807, 2.05) is 6.20 Å². The molecule has 1 unspecified atom stereocenters. The van der Waals surface area contributed by atoms with Crippen molar-refractivity contribution < 1.29 is 14.2 Å². The van der Waals surface area contributed by atoms with Crippen LogP contribution in [0.15, 0.2) is 16.9 Å². The van der Waals surface area contributed by atoms with E-state index in [-0.39, 0.29) is 29.6 Å². The molecule has 2 aliphatic heterocycles. The Bertz CT molecular complexity index is 558. The third-order valence-corrected chi connectivity index (χ3v) is 5.22.